The first-order valence-electron chi connectivity index (χ1n) is 10.7. The summed E-state index contributed by atoms with van der Waals surface area (Å²) in [6, 6.07) is 15.5. The number of hydrogen-bond acceptors (Lipinski definition) is 6. The molecule has 0 atom stereocenters. The molecule has 0 spiro atoms. The Labute approximate surface area is 222 Å². The van der Waals surface area contributed by atoms with E-state index in [1.54, 1.807) is 12.1 Å². The van der Waals surface area contributed by atoms with E-state index in [1.807, 2.05) is 26.0 Å². The number of amides is 2. The highest BCUT2D eigenvalue weighted by Crippen LogP contribution is 2.35. The van der Waals surface area contributed by atoms with Crippen molar-refractivity contribution in [3.05, 3.63) is 97.0 Å². The largest absolute Gasteiger partial charge is 0.481 e. The summed E-state index contributed by atoms with van der Waals surface area (Å²) in [5.74, 6) is -1.12. The maximum absolute atomic E-state index is 12.5. The van der Waals surface area contributed by atoms with Gasteiger partial charge in [-0.3, -0.25) is 19.7 Å². The Bertz CT molecular complexity index is 1440. The van der Waals surface area contributed by atoms with Crippen LogP contribution in [-0.4, -0.2) is 23.3 Å². The quantitative estimate of drug-likeness (QED) is 0.154. The van der Waals surface area contributed by atoms with Gasteiger partial charge in [0.05, 0.1) is 15.0 Å². The van der Waals surface area contributed by atoms with Crippen LogP contribution in [0.4, 0.5) is 17.1 Å². The van der Waals surface area contributed by atoms with Gasteiger partial charge < -0.3 is 15.4 Å². The number of anilines is 2. The third kappa shape index (κ3) is 7.07. The highest BCUT2D eigenvalue weighted by molar-refractivity contribution is 6.37. The van der Waals surface area contributed by atoms with Crippen LogP contribution in [0.3, 0.4) is 0 Å². The Kier molecular flexibility index (Phi) is 8.85. The van der Waals surface area contributed by atoms with Crippen molar-refractivity contribution in [2.24, 2.45) is 0 Å². The normalized spacial score (nSPS) is 10.8. The first kappa shape index (κ1) is 27.2. The number of carbonyl (C=O) groups excluding carboxylic acids is 2. The van der Waals surface area contributed by atoms with Gasteiger partial charge in [-0.05, 0) is 60.9 Å². The van der Waals surface area contributed by atoms with E-state index >= 15 is 0 Å². The molecule has 0 fully saturated rings. The first-order valence-corrected chi connectivity index (χ1v) is 11.5. The van der Waals surface area contributed by atoms with E-state index in [9.17, 15) is 25.0 Å². The monoisotopic (exact) mass is 538 g/mol. The van der Waals surface area contributed by atoms with Crippen LogP contribution in [0.2, 0.25) is 10.0 Å². The van der Waals surface area contributed by atoms with Crippen molar-refractivity contribution >= 4 is 58.2 Å². The van der Waals surface area contributed by atoms with E-state index in [0.29, 0.717) is 11.3 Å². The molecule has 188 valence electrons. The molecule has 3 aromatic rings. The number of non-ortho nitro benzene ring substituents is 1. The number of ether oxygens (including phenoxy) is 1. The molecule has 0 aliphatic heterocycles. The fourth-order valence-electron chi connectivity index (χ4n) is 3.22. The molecule has 0 aromatic heterocycles. The number of nitro groups is 1. The Morgan fingerprint density at radius 1 is 1.08 bits per heavy atom. The molecule has 3 aromatic carbocycles. The van der Waals surface area contributed by atoms with Gasteiger partial charge in [-0.25, -0.2) is 0 Å². The van der Waals surface area contributed by atoms with Gasteiger partial charge in [0.25, 0.3) is 17.5 Å². The molecule has 0 unspecified atom stereocenters. The smallest absolute Gasteiger partial charge is 0.271 e. The molecule has 2 N–H and O–H groups in total. The van der Waals surface area contributed by atoms with Crippen molar-refractivity contribution in [2.75, 3.05) is 17.2 Å². The molecular weight excluding hydrogens is 519 g/mol. The molecule has 0 saturated heterocycles. The summed E-state index contributed by atoms with van der Waals surface area (Å²) in [7, 11) is 0. The number of nitriles is 1. The topological polar surface area (TPSA) is 134 Å². The zero-order chi connectivity index (χ0) is 27.1. The van der Waals surface area contributed by atoms with E-state index in [0.717, 1.165) is 11.1 Å². The third-order valence-electron chi connectivity index (χ3n) is 5.24. The van der Waals surface area contributed by atoms with E-state index in [4.69, 9.17) is 27.9 Å². The molecule has 0 aliphatic rings. The summed E-state index contributed by atoms with van der Waals surface area (Å²) in [6.45, 7) is 3.48. The van der Waals surface area contributed by atoms with Crippen molar-refractivity contribution in [1.29, 1.82) is 5.26 Å². The molecule has 0 aliphatic carbocycles. The minimum absolute atomic E-state index is 0.0645. The third-order valence-corrected chi connectivity index (χ3v) is 5.80. The Morgan fingerprint density at radius 3 is 2.41 bits per heavy atom. The lowest BCUT2D eigenvalue weighted by atomic mass is 10.1. The number of hydrogen-bond donors (Lipinski definition) is 2. The van der Waals surface area contributed by atoms with Crippen LogP contribution < -0.4 is 15.4 Å². The Hall–Kier alpha value is -4.39. The average molecular weight is 539 g/mol. The van der Waals surface area contributed by atoms with Crippen molar-refractivity contribution < 1.29 is 19.2 Å². The Balaban J connectivity index is 1.71. The zero-order valence-electron chi connectivity index (χ0n) is 19.7. The van der Waals surface area contributed by atoms with Gasteiger partial charge >= 0.3 is 0 Å². The highest BCUT2D eigenvalue weighted by atomic mass is 35.5. The molecule has 0 radical (unpaired) electrons. The second-order valence-corrected chi connectivity index (χ2v) is 8.64. The summed E-state index contributed by atoms with van der Waals surface area (Å²) < 4.78 is 5.52. The second-order valence-electron chi connectivity index (χ2n) is 7.83. The Morgan fingerprint density at radius 2 is 1.76 bits per heavy atom. The van der Waals surface area contributed by atoms with E-state index < -0.39 is 16.7 Å². The molecule has 3 rings (SSSR count). The summed E-state index contributed by atoms with van der Waals surface area (Å²) in [5.41, 5.74) is 2.61. The zero-order valence-corrected chi connectivity index (χ0v) is 21.2. The van der Waals surface area contributed by atoms with Gasteiger partial charge in [-0.2, -0.15) is 5.26 Å². The lowest BCUT2D eigenvalue weighted by molar-refractivity contribution is -0.384. The van der Waals surface area contributed by atoms with Crippen LogP contribution >= 0.6 is 23.2 Å². The second kappa shape index (κ2) is 12.0. The molecule has 0 heterocycles. The van der Waals surface area contributed by atoms with Crippen molar-refractivity contribution in [2.45, 2.75) is 13.8 Å². The lowest BCUT2D eigenvalue weighted by Gasteiger charge is -2.13. The van der Waals surface area contributed by atoms with Gasteiger partial charge in [0.15, 0.2) is 12.4 Å². The molecule has 0 saturated carbocycles. The summed E-state index contributed by atoms with van der Waals surface area (Å²) >= 11 is 12.6. The molecular formula is C26H20Cl2N4O5. The van der Waals surface area contributed by atoms with Crippen molar-refractivity contribution in [3.63, 3.8) is 0 Å². The number of aryl methyl sites for hydroxylation is 1. The minimum atomic E-state index is -0.779. The predicted molar refractivity (Wildman–Crippen MR) is 142 cm³/mol. The first-order chi connectivity index (χ1) is 17.6. The highest BCUT2D eigenvalue weighted by Gasteiger charge is 2.15. The summed E-state index contributed by atoms with van der Waals surface area (Å²) in [6.07, 6.45) is 1.25. The number of nitrogens with zero attached hydrogens (tertiary/aromatic N) is 2. The fourth-order valence-corrected chi connectivity index (χ4v) is 3.84. The molecule has 11 heteroatoms. The number of carbonyl (C=O) groups is 2. The van der Waals surface area contributed by atoms with Gasteiger partial charge in [0, 0.05) is 23.5 Å². The van der Waals surface area contributed by atoms with E-state index in [1.165, 1.54) is 42.5 Å². The predicted octanol–water partition coefficient (Wildman–Crippen LogP) is 6.08. The molecule has 2 amide bonds. The molecule has 0 bridgehead atoms. The number of rotatable bonds is 8. The van der Waals surface area contributed by atoms with Crippen molar-refractivity contribution in [3.8, 4) is 11.8 Å². The molecule has 9 nitrogen and oxygen atoms in total. The summed E-state index contributed by atoms with van der Waals surface area (Å²) in [5, 5.41) is 25.7. The average Bonchev–Trinajstić information content (AvgIpc) is 2.85. The fraction of sp³-hybridized carbons (Fsp3) is 0.115. The van der Waals surface area contributed by atoms with Crippen LogP contribution in [0.5, 0.6) is 5.75 Å². The standard InChI is InChI=1S/C26H20Cl2N4O5/c1-15-5-3-8-23(16(15)2)31-24(33)14-37-25-21(27)10-17(11-22(25)28)9-18(13-29)26(34)30-19-6-4-7-20(12-19)32(35)36/h3-12H,14H2,1-2H3,(H,30,34)(H,31,33)/b18-9-. The number of halogens is 2. The number of nitro benzene ring substituents is 1. The van der Waals surface area contributed by atoms with Gasteiger partial charge in [-0.15, -0.1) is 0 Å². The van der Waals surface area contributed by atoms with Crippen LogP contribution in [0.25, 0.3) is 6.08 Å². The minimum Gasteiger partial charge on any atom is -0.481 e. The maximum atomic E-state index is 12.5. The lowest BCUT2D eigenvalue weighted by Crippen LogP contribution is -2.21. The van der Waals surface area contributed by atoms with Crippen LogP contribution in [-0.2, 0) is 9.59 Å². The number of nitrogens with one attached hydrogen (secondary N) is 2. The van der Waals surface area contributed by atoms with Crippen LogP contribution in [0, 0.1) is 35.3 Å². The van der Waals surface area contributed by atoms with E-state index in [-0.39, 0.29) is 39.3 Å². The van der Waals surface area contributed by atoms with Crippen molar-refractivity contribution in [1.82, 2.24) is 0 Å². The maximum Gasteiger partial charge on any atom is 0.271 e. The SMILES string of the molecule is Cc1cccc(NC(=O)COc2c(Cl)cc(/C=C(/C#N)C(=O)Nc3cccc([N+](=O)[O-])c3)cc2Cl)c1C. The van der Waals surface area contributed by atoms with Gasteiger partial charge in [-0.1, -0.05) is 41.4 Å². The van der Waals surface area contributed by atoms with Crippen LogP contribution in [0.15, 0.2) is 60.2 Å². The van der Waals surface area contributed by atoms with E-state index in [2.05, 4.69) is 10.6 Å². The molecule has 37 heavy (non-hydrogen) atoms. The van der Waals surface area contributed by atoms with Gasteiger partial charge in [0.1, 0.15) is 11.6 Å². The number of benzene rings is 3. The van der Waals surface area contributed by atoms with Gasteiger partial charge in [0.2, 0.25) is 0 Å². The van der Waals surface area contributed by atoms with Crippen LogP contribution in [0.1, 0.15) is 16.7 Å². The summed E-state index contributed by atoms with van der Waals surface area (Å²) in [4.78, 5) is 35.2.